The molecule has 0 aliphatic carbocycles. The monoisotopic (exact) mass is 837 g/mol. The molecule has 1 fully saturated rings. The lowest BCUT2D eigenvalue weighted by Gasteiger charge is -2.33. The van der Waals surface area contributed by atoms with E-state index in [4.69, 9.17) is 29.4 Å². The number of aromatic hydroxyl groups is 1. The summed E-state index contributed by atoms with van der Waals surface area (Å²) in [6.07, 6.45) is 1.81. The topological polar surface area (TPSA) is 166 Å². The lowest BCUT2D eigenvalue weighted by Crippen LogP contribution is -2.43. The Balaban J connectivity index is 1.49. The fourth-order valence-corrected chi connectivity index (χ4v) is 8.76. The average molecular weight is 838 g/mol. The Bertz CT molecular complexity index is 2030. The van der Waals surface area contributed by atoms with E-state index in [1.807, 2.05) is 58.9 Å². The molecule has 15 heteroatoms. The number of esters is 1. The highest BCUT2D eigenvalue weighted by molar-refractivity contribution is 7.98. The van der Waals surface area contributed by atoms with Crippen molar-refractivity contribution in [3.63, 3.8) is 0 Å². The van der Waals surface area contributed by atoms with Crippen LogP contribution in [0, 0.1) is 6.92 Å². The fourth-order valence-electron chi connectivity index (χ4n) is 6.99. The molecule has 1 aliphatic heterocycles. The molecule has 1 amide bonds. The zero-order valence-electron chi connectivity index (χ0n) is 36.0. The Hall–Kier alpha value is -4.99. The van der Waals surface area contributed by atoms with Crippen molar-refractivity contribution >= 4 is 45.7 Å². The second-order valence-corrected chi connectivity index (χ2v) is 17.8. The number of ether oxygens (including phenoxy) is 5. The minimum atomic E-state index is -3.19. The first-order valence-corrected chi connectivity index (χ1v) is 21.7. The predicted molar refractivity (Wildman–Crippen MR) is 234 cm³/mol. The number of likely N-dealkylation sites (tertiary alicyclic amines) is 1. The van der Waals surface area contributed by atoms with Crippen LogP contribution in [0.25, 0.3) is 0 Å². The van der Waals surface area contributed by atoms with Crippen LogP contribution in [0.5, 0.6) is 17.2 Å². The molecular formula is C44H63N5O9S. The van der Waals surface area contributed by atoms with Crippen LogP contribution in [0.1, 0.15) is 88.5 Å². The van der Waals surface area contributed by atoms with Crippen molar-refractivity contribution in [1.82, 2.24) is 9.21 Å². The molecule has 0 bridgehead atoms. The molecular weight excluding hydrogens is 775 g/mol. The molecule has 3 aromatic rings. The maximum absolute atomic E-state index is 14.6. The van der Waals surface area contributed by atoms with Gasteiger partial charge in [-0.05, 0) is 106 Å². The summed E-state index contributed by atoms with van der Waals surface area (Å²) in [6.45, 7) is 17.5. The van der Waals surface area contributed by atoms with Crippen LogP contribution in [0.4, 0.5) is 16.2 Å². The highest BCUT2D eigenvalue weighted by atomic mass is 32.2. The molecule has 0 radical (unpaired) electrons. The van der Waals surface area contributed by atoms with Gasteiger partial charge in [0.1, 0.15) is 35.1 Å². The van der Waals surface area contributed by atoms with Crippen LogP contribution in [-0.4, -0.2) is 108 Å². The molecule has 324 valence electrons. The molecule has 3 N–H and O–H groups in total. The number of hydrazone groups is 1. The van der Waals surface area contributed by atoms with Crippen LogP contribution in [0.3, 0.4) is 0 Å². The fraction of sp³-hybridized carbons (Fsp3) is 0.500. The van der Waals surface area contributed by atoms with Gasteiger partial charge in [-0.2, -0.15) is 5.10 Å². The number of phenols is 1. The molecule has 2 unspecified atom stereocenters. The Morgan fingerprint density at radius 3 is 2.39 bits per heavy atom. The van der Waals surface area contributed by atoms with E-state index in [1.54, 1.807) is 48.5 Å². The van der Waals surface area contributed by atoms with Crippen LogP contribution < -0.4 is 20.2 Å². The average Bonchev–Trinajstić information content (AvgIpc) is 3.18. The lowest BCUT2D eigenvalue weighted by molar-refractivity contribution is -0.143. The second-order valence-electron chi connectivity index (χ2n) is 15.6. The van der Waals surface area contributed by atoms with Crippen molar-refractivity contribution in [2.75, 3.05) is 64.4 Å². The third-order valence-electron chi connectivity index (χ3n) is 10.0. The van der Waals surface area contributed by atoms with E-state index in [9.17, 15) is 18.9 Å². The highest BCUT2D eigenvalue weighted by Crippen LogP contribution is 2.41. The summed E-state index contributed by atoms with van der Waals surface area (Å²) in [7, 11) is 0.0698. The minimum absolute atomic E-state index is 0.00227. The van der Waals surface area contributed by atoms with Gasteiger partial charge in [-0.15, -0.1) is 0 Å². The van der Waals surface area contributed by atoms with Crippen LogP contribution in [-0.2, 0) is 35.3 Å². The Kier molecular flexibility index (Phi) is 16.5. The molecule has 0 saturated carbocycles. The Morgan fingerprint density at radius 1 is 1.07 bits per heavy atom. The first kappa shape index (κ1) is 46.7. The van der Waals surface area contributed by atoms with Gasteiger partial charge in [0, 0.05) is 51.9 Å². The quantitative estimate of drug-likeness (QED) is 0.0315. The van der Waals surface area contributed by atoms with Crippen molar-refractivity contribution in [2.24, 2.45) is 5.10 Å². The number of phenolic OH excluding ortho intramolecular Hbond substituents is 1. The maximum atomic E-state index is 14.6. The van der Waals surface area contributed by atoms with Gasteiger partial charge in [-0.25, -0.2) is 13.3 Å². The summed E-state index contributed by atoms with van der Waals surface area (Å²) < 4.78 is 44.9. The third-order valence-corrected chi connectivity index (χ3v) is 12.2. The summed E-state index contributed by atoms with van der Waals surface area (Å²) in [5.41, 5.74) is 10.3. The first-order valence-electron chi connectivity index (χ1n) is 20.0. The van der Waals surface area contributed by atoms with E-state index in [0.717, 1.165) is 22.3 Å². The molecule has 14 nitrogen and oxygen atoms in total. The summed E-state index contributed by atoms with van der Waals surface area (Å²) in [6, 6.07) is 14.3. The lowest BCUT2D eigenvalue weighted by atomic mass is 9.86. The number of carbonyl (C=O) groups is 2. The van der Waals surface area contributed by atoms with Gasteiger partial charge < -0.3 is 39.4 Å². The molecule has 4 rings (SSSR count). The van der Waals surface area contributed by atoms with Gasteiger partial charge in [0.15, 0.2) is 0 Å². The van der Waals surface area contributed by atoms with Gasteiger partial charge in [0.05, 0.1) is 53.1 Å². The van der Waals surface area contributed by atoms with Crippen LogP contribution >= 0.6 is 0 Å². The molecule has 1 saturated heterocycles. The van der Waals surface area contributed by atoms with Gasteiger partial charge in [0.25, 0.3) is 0 Å². The summed E-state index contributed by atoms with van der Waals surface area (Å²) in [5, 5.41) is 16.7. The number of aryl methyl sites for hydroxylation is 1. The van der Waals surface area contributed by atoms with E-state index >= 15 is 0 Å². The number of piperidine rings is 1. The zero-order valence-corrected chi connectivity index (χ0v) is 36.8. The third kappa shape index (κ3) is 12.5. The number of amides is 1. The van der Waals surface area contributed by atoms with Gasteiger partial charge >= 0.3 is 12.1 Å². The van der Waals surface area contributed by atoms with Crippen molar-refractivity contribution < 1.29 is 42.6 Å². The maximum Gasteiger partial charge on any atom is 0.410 e. The molecule has 1 aliphatic rings. The molecule has 0 spiro atoms. The van der Waals surface area contributed by atoms with Crippen LogP contribution in [0.2, 0.25) is 0 Å². The van der Waals surface area contributed by atoms with E-state index in [-0.39, 0.29) is 55.0 Å². The minimum Gasteiger partial charge on any atom is -0.507 e. The van der Waals surface area contributed by atoms with Crippen LogP contribution in [0.15, 0.2) is 58.5 Å². The molecule has 2 atom stereocenters. The van der Waals surface area contributed by atoms with Gasteiger partial charge in [-0.3, -0.25) is 9.80 Å². The van der Waals surface area contributed by atoms with E-state index in [0.29, 0.717) is 68.4 Å². The Labute approximate surface area is 350 Å². The summed E-state index contributed by atoms with van der Waals surface area (Å²) >= 11 is 0. The molecule has 59 heavy (non-hydrogen) atoms. The van der Waals surface area contributed by atoms with E-state index in [1.165, 1.54) is 11.1 Å². The number of methoxy groups -OCH3 is 1. The van der Waals surface area contributed by atoms with Crippen molar-refractivity contribution in [3.05, 3.63) is 70.8 Å². The standard InChI is InChI=1S/C44H63N5O9S/c1-11-19-49(59(10,53)40-16-15-35(27-38(40)50)57-23-22-56-34-17-20-48(21-18-34)43(52)58-44(4,5)6)29-33-24-31(14-13-30(33)3)36(28-41(51)55-12-2)32-25-37(45)42(47(8)46-7)39(26-32)54-9/h13-16,24-27,34,36,50H,7,10-12,17-23,28-29,45H2,1-6,8-9H3. The van der Waals surface area contributed by atoms with Gasteiger partial charge in [-0.1, -0.05) is 25.1 Å². The molecule has 1 heterocycles. The summed E-state index contributed by atoms with van der Waals surface area (Å²) in [5.74, 6) is 4.02. The number of rotatable bonds is 19. The number of nitrogens with zero attached hydrogens (tertiary/aromatic N) is 4. The second kappa shape index (κ2) is 20.8. The largest absolute Gasteiger partial charge is 0.507 e. The normalized spacial score (nSPS) is 15.0. The Morgan fingerprint density at radius 2 is 1.78 bits per heavy atom. The number of hydrogen-bond acceptors (Lipinski definition) is 12. The zero-order chi connectivity index (χ0) is 43.5. The van der Waals surface area contributed by atoms with E-state index in [2.05, 4.69) is 17.7 Å². The first-order chi connectivity index (χ1) is 27.9. The number of nitrogens with two attached hydrogens (primary N) is 1. The number of anilines is 2. The molecule has 0 aromatic heterocycles. The van der Waals surface area contributed by atoms with Crippen molar-refractivity contribution in [3.8, 4) is 17.2 Å². The SMILES string of the molecule is C=NN(C)c1c(N)cc(C(CC(=O)OCC)c2ccc(C)c(CN(CCC)S(=C)(=O)c3ccc(OCCOC4CCN(C(=O)OC(C)(C)C)CC4)cc3O)c2)cc1OC. The number of hydrogen-bond donors (Lipinski definition) is 2. The van der Waals surface area contributed by atoms with Crippen molar-refractivity contribution in [1.29, 1.82) is 0 Å². The van der Waals surface area contributed by atoms with Crippen molar-refractivity contribution in [2.45, 2.75) is 96.3 Å². The summed E-state index contributed by atoms with van der Waals surface area (Å²) in [4.78, 5) is 27.3. The highest BCUT2D eigenvalue weighted by Gasteiger charge is 2.28. The smallest absolute Gasteiger partial charge is 0.410 e. The number of benzene rings is 3. The van der Waals surface area contributed by atoms with Gasteiger partial charge in [0.2, 0.25) is 0 Å². The number of carbonyl (C=O) groups excluding carboxylic acids is 2. The number of nitrogen functional groups attached to an aromatic ring is 1. The predicted octanol–water partition coefficient (Wildman–Crippen LogP) is 7.13. The molecule has 3 aromatic carbocycles. The van der Waals surface area contributed by atoms with E-state index < -0.39 is 21.2 Å².